The van der Waals surface area contributed by atoms with Crippen LogP contribution in [0.1, 0.15) is 258 Å². The van der Waals surface area contributed by atoms with Crippen LogP contribution >= 0.6 is 0 Å². The Bertz CT molecular complexity index is 1180. The quantitative estimate of drug-likeness (QED) is 0.0267. The highest BCUT2D eigenvalue weighted by Crippen LogP contribution is 2.23. The molecule has 0 saturated carbocycles. The number of allylic oxidation sites excluding steroid dienone is 8. The molecule has 9 heteroatoms. The zero-order valence-electron chi connectivity index (χ0n) is 44.1. The van der Waals surface area contributed by atoms with Crippen molar-refractivity contribution >= 4 is 5.97 Å². The van der Waals surface area contributed by atoms with Gasteiger partial charge in [-0.05, 0) is 77.0 Å². The molecule has 0 amide bonds. The number of unbranched alkanes of at least 4 members (excludes halogenated alkanes) is 31. The fraction of sp³-hybridized carbons (Fsp3) is 0.847. The van der Waals surface area contributed by atoms with E-state index >= 15 is 0 Å². The third kappa shape index (κ3) is 39.8. The Balaban J connectivity index is 2.16. The summed E-state index contributed by atoms with van der Waals surface area (Å²) < 4.78 is 23.0. The average molecular weight is 962 g/mol. The Morgan fingerprint density at radius 3 is 1.26 bits per heavy atom. The average Bonchev–Trinajstić information content (AvgIpc) is 3.34. The van der Waals surface area contributed by atoms with Gasteiger partial charge in [0, 0.05) is 13.0 Å². The topological polar surface area (TPSA) is 135 Å². The highest BCUT2D eigenvalue weighted by molar-refractivity contribution is 5.69. The van der Waals surface area contributed by atoms with Crippen LogP contribution in [0.5, 0.6) is 0 Å². The van der Waals surface area contributed by atoms with Crippen molar-refractivity contribution < 1.29 is 44.2 Å². The summed E-state index contributed by atoms with van der Waals surface area (Å²) in [5, 5.41) is 40.3. The molecular formula is C59H108O9. The molecule has 0 aromatic rings. The normalized spacial score (nSPS) is 19.4. The fourth-order valence-electron chi connectivity index (χ4n) is 8.73. The summed E-state index contributed by atoms with van der Waals surface area (Å²) in [4.78, 5) is 12.9. The van der Waals surface area contributed by atoms with Crippen LogP contribution in [-0.2, 0) is 23.7 Å². The van der Waals surface area contributed by atoms with Gasteiger partial charge in [0.25, 0.3) is 0 Å². The second kappa shape index (κ2) is 50.1. The summed E-state index contributed by atoms with van der Waals surface area (Å²) in [7, 11) is 0. The summed E-state index contributed by atoms with van der Waals surface area (Å²) >= 11 is 0. The van der Waals surface area contributed by atoms with E-state index in [-0.39, 0.29) is 19.2 Å². The number of carbonyl (C=O) groups is 1. The Morgan fingerprint density at radius 2 is 0.853 bits per heavy atom. The molecule has 1 aliphatic heterocycles. The van der Waals surface area contributed by atoms with Crippen molar-refractivity contribution in [2.45, 2.75) is 295 Å². The number of hydrogen-bond donors (Lipinski definition) is 4. The van der Waals surface area contributed by atoms with Crippen LogP contribution < -0.4 is 0 Å². The van der Waals surface area contributed by atoms with E-state index in [1.807, 2.05) is 0 Å². The fourth-order valence-corrected chi connectivity index (χ4v) is 8.73. The molecule has 4 N–H and O–H groups in total. The standard InChI is InChI=1S/C59H108O9/c1-3-5-7-9-11-13-15-17-19-21-23-25-26-27-29-31-33-35-37-39-41-43-45-47-49-65-51-53(52-66-59-58(64)57(63)56(62)54(50-60)68-59)67-55(61)48-46-44-42-40-38-36-34-32-30-28-24-22-20-18-16-14-12-10-8-6-4-2/h15-18,21-24,53-54,56-60,62-64H,3-14,19-20,25-52H2,1-2H3/b17-15-,18-16-,23-21-,24-22-. The van der Waals surface area contributed by atoms with Crippen molar-refractivity contribution in [1.82, 2.24) is 0 Å². The molecule has 6 atom stereocenters. The van der Waals surface area contributed by atoms with Gasteiger partial charge < -0.3 is 39.4 Å². The summed E-state index contributed by atoms with van der Waals surface area (Å²) in [6.07, 6.45) is 57.2. The first kappa shape index (κ1) is 64.2. The van der Waals surface area contributed by atoms with Gasteiger partial charge in [-0.2, -0.15) is 0 Å². The summed E-state index contributed by atoms with van der Waals surface area (Å²) in [5.41, 5.74) is 0. The molecule has 0 bridgehead atoms. The number of aliphatic hydroxyl groups excluding tert-OH is 4. The van der Waals surface area contributed by atoms with Crippen LogP contribution in [0.15, 0.2) is 48.6 Å². The molecule has 1 aliphatic rings. The van der Waals surface area contributed by atoms with Gasteiger partial charge in [-0.25, -0.2) is 0 Å². The number of carbonyl (C=O) groups excluding carboxylic acids is 1. The highest BCUT2D eigenvalue weighted by atomic mass is 16.7. The molecule has 0 aliphatic carbocycles. The van der Waals surface area contributed by atoms with Gasteiger partial charge in [0.2, 0.25) is 0 Å². The summed E-state index contributed by atoms with van der Waals surface area (Å²) in [5.74, 6) is -0.316. The highest BCUT2D eigenvalue weighted by Gasteiger charge is 2.44. The van der Waals surface area contributed by atoms with E-state index in [2.05, 4.69) is 62.5 Å². The van der Waals surface area contributed by atoms with E-state index in [1.165, 1.54) is 193 Å². The van der Waals surface area contributed by atoms with Crippen LogP contribution in [-0.4, -0.2) is 89.6 Å². The molecule has 9 nitrogen and oxygen atoms in total. The molecule has 1 heterocycles. The molecule has 1 saturated heterocycles. The van der Waals surface area contributed by atoms with Gasteiger partial charge >= 0.3 is 5.97 Å². The molecule has 398 valence electrons. The predicted octanol–water partition coefficient (Wildman–Crippen LogP) is 14.8. The SMILES string of the molecule is CCCCCCC/C=C\C/C=C\CCCCCCCCCCCCCCOCC(COC1OC(CO)C(O)C(O)C1O)OC(=O)CCCCCCCCCCC/C=C\C/C=C\CCCCCCC. The van der Waals surface area contributed by atoms with Gasteiger partial charge in [-0.15, -0.1) is 0 Å². The van der Waals surface area contributed by atoms with Crippen molar-refractivity contribution in [2.75, 3.05) is 26.4 Å². The minimum Gasteiger partial charge on any atom is -0.457 e. The number of esters is 1. The first-order chi connectivity index (χ1) is 33.4. The molecule has 0 aromatic carbocycles. The lowest BCUT2D eigenvalue weighted by atomic mass is 9.99. The minimum atomic E-state index is -1.54. The molecule has 0 aromatic heterocycles. The largest absolute Gasteiger partial charge is 0.457 e. The molecule has 0 radical (unpaired) electrons. The Morgan fingerprint density at radius 1 is 0.471 bits per heavy atom. The Kier molecular flexibility index (Phi) is 47.3. The maximum absolute atomic E-state index is 12.9. The van der Waals surface area contributed by atoms with Crippen LogP contribution in [0.2, 0.25) is 0 Å². The zero-order valence-corrected chi connectivity index (χ0v) is 44.1. The molecular weight excluding hydrogens is 853 g/mol. The molecule has 1 fully saturated rings. The van der Waals surface area contributed by atoms with Crippen LogP contribution in [0.3, 0.4) is 0 Å². The van der Waals surface area contributed by atoms with Crippen LogP contribution in [0.25, 0.3) is 0 Å². The number of hydrogen-bond acceptors (Lipinski definition) is 9. The maximum atomic E-state index is 12.9. The van der Waals surface area contributed by atoms with Gasteiger partial charge in [0.1, 0.15) is 30.5 Å². The lowest BCUT2D eigenvalue weighted by molar-refractivity contribution is -0.305. The number of aliphatic hydroxyl groups is 4. The van der Waals surface area contributed by atoms with Crippen molar-refractivity contribution in [3.63, 3.8) is 0 Å². The van der Waals surface area contributed by atoms with E-state index in [0.29, 0.717) is 13.0 Å². The minimum absolute atomic E-state index is 0.115. The lowest BCUT2D eigenvalue weighted by Crippen LogP contribution is -2.59. The molecule has 6 unspecified atom stereocenters. The van der Waals surface area contributed by atoms with E-state index in [0.717, 1.165) is 44.9 Å². The lowest BCUT2D eigenvalue weighted by Gasteiger charge is -2.39. The Hall–Kier alpha value is -1.85. The first-order valence-corrected chi connectivity index (χ1v) is 28.7. The monoisotopic (exact) mass is 961 g/mol. The molecule has 68 heavy (non-hydrogen) atoms. The summed E-state index contributed by atoms with van der Waals surface area (Å²) in [6.45, 7) is 4.57. The van der Waals surface area contributed by atoms with Crippen molar-refractivity contribution in [3.05, 3.63) is 48.6 Å². The smallest absolute Gasteiger partial charge is 0.306 e. The van der Waals surface area contributed by atoms with E-state index in [9.17, 15) is 25.2 Å². The second-order valence-corrected chi connectivity index (χ2v) is 19.7. The Labute approximate surface area is 418 Å². The third-order valence-electron chi connectivity index (χ3n) is 13.2. The van der Waals surface area contributed by atoms with E-state index in [1.54, 1.807) is 0 Å². The number of rotatable bonds is 50. The van der Waals surface area contributed by atoms with Crippen molar-refractivity contribution in [2.24, 2.45) is 0 Å². The van der Waals surface area contributed by atoms with Crippen molar-refractivity contribution in [3.8, 4) is 0 Å². The predicted molar refractivity (Wildman–Crippen MR) is 284 cm³/mol. The van der Waals surface area contributed by atoms with Gasteiger partial charge in [-0.3, -0.25) is 4.79 Å². The molecule has 1 rings (SSSR count). The number of ether oxygens (including phenoxy) is 4. The van der Waals surface area contributed by atoms with E-state index < -0.39 is 43.4 Å². The van der Waals surface area contributed by atoms with Gasteiger partial charge in [-0.1, -0.05) is 223 Å². The maximum Gasteiger partial charge on any atom is 0.306 e. The van der Waals surface area contributed by atoms with E-state index in [4.69, 9.17) is 18.9 Å². The van der Waals surface area contributed by atoms with Crippen LogP contribution in [0.4, 0.5) is 0 Å². The van der Waals surface area contributed by atoms with Gasteiger partial charge in [0.15, 0.2) is 6.29 Å². The zero-order chi connectivity index (χ0) is 49.2. The van der Waals surface area contributed by atoms with Crippen molar-refractivity contribution in [1.29, 1.82) is 0 Å². The third-order valence-corrected chi connectivity index (χ3v) is 13.2. The molecule has 0 spiro atoms. The van der Waals surface area contributed by atoms with Crippen LogP contribution in [0, 0.1) is 0 Å². The second-order valence-electron chi connectivity index (χ2n) is 19.7. The summed E-state index contributed by atoms with van der Waals surface area (Å²) in [6, 6.07) is 0. The van der Waals surface area contributed by atoms with Gasteiger partial charge in [0.05, 0.1) is 19.8 Å². The first-order valence-electron chi connectivity index (χ1n) is 28.7.